The molecule has 2 rings (SSSR count). The van der Waals surface area contributed by atoms with Crippen LogP contribution in [0.4, 0.5) is 0 Å². The summed E-state index contributed by atoms with van der Waals surface area (Å²) in [7, 11) is 0. The van der Waals surface area contributed by atoms with Crippen molar-refractivity contribution in [2.45, 2.75) is 51.9 Å². The maximum Gasteiger partial charge on any atom is 0.343 e. The minimum atomic E-state index is -0.550. The second-order valence-electron chi connectivity index (χ2n) is 6.80. The van der Waals surface area contributed by atoms with Gasteiger partial charge in [0.25, 0.3) is 0 Å². The van der Waals surface area contributed by atoms with E-state index in [1.54, 1.807) is 24.3 Å². The fourth-order valence-corrected chi connectivity index (χ4v) is 3.04. The molecule has 0 aliphatic carbocycles. The molecular formula is C23H26Cl2O4. The van der Waals surface area contributed by atoms with E-state index < -0.39 is 5.97 Å². The zero-order chi connectivity index (χ0) is 21.1. The molecule has 0 atom stereocenters. The van der Waals surface area contributed by atoms with Crippen LogP contribution in [0.25, 0.3) is 0 Å². The van der Waals surface area contributed by atoms with Crippen molar-refractivity contribution in [1.82, 2.24) is 0 Å². The number of carbonyl (C=O) groups excluding carboxylic acids is 2. The van der Waals surface area contributed by atoms with Crippen LogP contribution in [-0.2, 0) is 4.74 Å². The van der Waals surface area contributed by atoms with Gasteiger partial charge in [0.05, 0.1) is 27.8 Å². The molecule has 0 saturated carbocycles. The molecule has 2 aromatic rings. The van der Waals surface area contributed by atoms with Gasteiger partial charge >= 0.3 is 11.9 Å². The van der Waals surface area contributed by atoms with Crippen LogP contribution in [0.2, 0.25) is 10.0 Å². The Labute approximate surface area is 182 Å². The summed E-state index contributed by atoms with van der Waals surface area (Å²) >= 11 is 11.8. The molecule has 0 aliphatic rings. The quantitative estimate of drug-likeness (QED) is 0.213. The summed E-state index contributed by atoms with van der Waals surface area (Å²) in [4.78, 5) is 24.3. The van der Waals surface area contributed by atoms with Crippen molar-refractivity contribution in [3.8, 4) is 5.75 Å². The Kier molecular flexibility index (Phi) is 10.0. The summed E-state index contributed by atoms with van der Waals surface area (Å²) in [5.74, 6) is -0.644. The molecule has 0 amide bonds. The van der Waals surface area contributed by atoms with E-state index in [4.69, 9.17) is 32.7 Å². The first-order chi connectivity index (χ1) is 14.0. The Hall–Kier alpha value is -2.04. The highest BCUT2D eigenvalue weighted by atomic mass is 35.5. The number of unbranched alkanes of at least 4 members (excludes halogenated alkanes) is 6. The Morgan fingerprint density at radius 3 is 1.97 bits per heavy atom. The number of ether oxygens (including phenoxy) is 2. The van der Waals surface area contributed by atoms with Gasteiger partial charge in [-0.05, 0) is 42.8 Å². The molecule has 0 unspecified atom stereocenters. The third-order valence-corrected chi connectivity index (χ3v) is 5.18. The molecule has 29 heavy (non-hydrogen) atoms. The van der Waals surface area contributed by atoms with E-state index in [0.717, 1.165) is 12.8 Å². The van der Waals surface area contributed by atoms with Crippen LogP contribution < -0.4 is 4.74 Å². The average molecular weight is 437 g/mol. The van der Waals surface area contributed by atoms with Gasteiger partial charge in [0, 0.05) is 6.07 Å². The lowest BCUT2D eigenvalue weighted by atomic mass is 10.1. The molecule has 2 aromatic carbocycles. The maximum absolute atomic E-state index is 12.2. The van der Waals surface area contributed by atoms with Crippen molar-refractivity contribution in [3.05, 3.63) is 63.6 Å². The second-order valence-corrected chi connectivity index (χ2v) is 7.61. The number of esters is 2. The van der Waals surface area contributed by atoms with E-state index >= 15 is 0 Å². The van der Waals surface area contributed by atoms with Crippen LogP contribution in [0, 0.1) is 0 Å². The minimum Gasteiger partial charge on any atom is -0.462 e. The first kappa shape index (κ1) is 23.2. The van der Waals surface area contributed by atoms with E-state index in [-0.39, 0.29) is 5.97 Å². The number of halogens is 2. The van der Waals surface area contributed by atoms with Crippen LogP contribution in [0.3, 0.4) is 0 Å². The lowest BCUT2D eigenvalue weighted by Gasteiger charge is -2.07. The predicted octanol–water partition coefficient (Wildman–Crippen LogP) is 7.12. The first-order valence-electron chi connectivity index (χ1n) is 9.95. The molecule has 0 fully saturated rings. The first-order valence-corrected chi connectivity index (χ1v) is 10.7. The standard InChI is InChI=1S/C23H26Cl2O4/c1-2-3-4-5-6-7-8-15-28-22(26)17-9-11-18(12-10-17)23(27)29-19-13-14-20(24)21(25)16-19/h9-14,16H,2-8,15H2,1H3. The number of rotatable bonds is 11. The minimum absolute atomic E-state index is 0.294. The van der Waals surface area contributed by atoms with Gasteiger partial charge in [-0.25, -0.2) is 9.59 Å². The van der Waals surface area contributed by atoms with Crippen LogP contribution in [0.15, 0.2) is 42.5 Å². The van der Waals surface area contributed by atoms with Gasteiger partial charge in [-0.15, -0.1) is 0 Å². The lowest BCUT2D eigenvalue weighted by molar-refractivity contribution is 0.0497. The molecule has 0 spiro atoms. The molecule has 156 valence electrons. The molecule has 0 saturated heterocycles. The Morgan fingerprint density at radius 1 is 0.759 bits per heavy atom. The van der Waals surface area contributed by atoms with E-state index in [0.29, 0.717) is 33.5 Å². The Morgan fingerprint density at radius 2 is 1.34 bits per heavy atom. The van der Waals surface area contributed by atoms with E-state index in [2.05, 4.69) is 6.92 Å². The molecule has 6 heteroatoms. The molecule has 0 bridgehead atoms. The van der Waals surface area contributed by atoms with Gasteiger partial charge < -0.3 is 9.47 Å². The molecule has 0 aromatic heterocycles. The summed E-state index contributed by atoms with van der Waals surface area (Å²) in [5, 5.41) is 0.682. The summed E-state index contributed by atoms with van der Waals surface area (Å²) < 4.78 is 10.6. The third kappa shape index (κ3) is 8.08. The zero-order valence-corrected chi connectivity index (χ0v) is 18.1. The van der Waals surface area contributed by atoms with Crippen molar-refractivity contribution in [2.24, 2.45) is 0 Å². The monoisotopic (exact) mass is 436 g/mol. The molecule has 4 nitrogen and oxygen atoms in total. The van der Waals surface area contributed by atoms with Crippen LogP contribution in [-0.4, -0.2) is 18.5 Å². The maximum atomic E-state index is 12.2. The van der Waals surface area contributed by atoms with Gasteiger partial charge in [-0.1, -0.05) is 68.7 Å². The van der Waals surface area contributed by atoms with E-state index in [1.165, 1.54) is 50.3 Å². The van der Waals surface area contributed by atoms with Crippen LogP contribution >= 0.6 is 23.2 Å². The highest BCUT2D eigenvalue weighted by Gasteiger charge is 2.12. The number of hydrogen-bond donors (Lipinski definition) is 0. The van der Waals surface area contributed by atoms with Gasteiger partial charge in [-0.3, -0.25) is 0 Å². The molecule has 0 heterocycles. The van der Waals surface area contributed by atoms with Crippen molar-refractivity contribution in [2.75, 3.05) is 6.61 Å². The molecule has 0 radical (unpaired) electrons. The smallest absolute Gasteiger partial charge is 0.343 e. The van der Waals surface area contributed by atoms with Gasteiger partial charge in [0.2, 0.25) is 0 Å². The van der Waals surface area contributed by atoms with Crippen molar-refractivity contribution in [3.63, 3.8) is 0 Å². The normalized spacial score (nSPS) is 10.6. The molecule has 0 aliphatic heterocycles. The van der Waals surface area contributed by atoms with Crippen LogP contribution in [0.5, 0.6) is 5.75 Å². The number of hydrogen-bond acceptors (Lipinski definition) is 4. The summed E-state index contributed by atoms with van der Waals surface area (Å²) in [5.41, 5.74) is 0.721. The number of benzene rings is 2. The Bertz CT molecular complexity index is 803. The SMILES string of the molecule is CCCCCCCCCOC(=O)c1ccc(C(=O)Oc2ccc(Cl)c(Cl)c2)cc1. The predicted molar refractivity (Wildman–Crippen MR) is 116 cm³/mol. The van der Waals surface area contributed by atoms with E-state index in [1.807, 2.05) is 0 Å². The third-order valence-electron chi connectivity index (χ3n) is 4.44. The highest BCUT2D eigenvalue weighted by Crippen LogP contribution is 2.26. The summed E-state index contributed by atoms with van der Waals surface area (Å²) in [6, 6.07) is 10.8. The fourth-order valence-electron chi connectivity index (χ4n) is 2.76. The van der Waals surface area contributed by atoms with Gasteiger partial charge in [0.1, 0.15) is 5.75 Å². The zero-order valence-electron chi connectivity index (χ0n) is 16.6. The molecular weight excluding hydrogens is 411 g/mol. The van der Waals surface area contributed by atoms with Crippen molar-refractivity contribution in [1.29, 1.82) is 0 Å². The Balaban J connectivity index is 1.76. The largest absolute Gasteiger partial charge is 0.462 e. The summed E-state index contributed by atoms with van der Waals surface area (Å²) in [6.07, 6.45) is 8.14. The average Bonchev–Trinajstić information content (AvgIpc) is 2.72. The van der Waals surface area contributed by atoms with Crippen molar-refractivity contribution < 1.29 is 19.1 Å². The number of carbonyl (C=O) groups is 2. The topological polar surface area (TPSA) is 52.6 Å². The van der Waals surface area contributed by atoms with Gasteiger partial charge in [0.15, 0.2) is 0 Å². The van der Waals surface area contributed by atoms with Crippen LogP contribution in [0.1, 0.15) is 72.6 Å². The molecule has 0 N–H and O–H groups in total. The van der Waals surface area contributed by atoms with E-state index in [9.17, 15) is 9.59 Å². The fraction of sp³-hybridized carbons (Fsp3) is 0.391. The summed E-state index contributed by atoms with van der Waals surface area (Å²) in [6.45, 7) is 2.61. The van der Waals surface area contributed by atoms with Crippen molar-refractivity contribution >= 4 is 35.1 Å². The highest BCUT2D eigenvalue weighted by molar-refractivity contribution is 6.42. The second kappa shape index (κ2) is 12.5. The lowest BCUT2D eigenvalue weighted by Crippen LogP contribution is -2.10. The van der Waals surface area contributed by atoms with Gasteiger partial charge in [-0.2, -0.15) is 0 Å².